The Bertz CT molecular complexity index is 96.3. The highest BCUT2D eigenvalue weighted by atomic mass is 16.3. The maximum Gasteiger partial charge on any atom is 0.0597 e. The van der Waals surface area contributed by atoms with E-state index in [0.717, 1.165) is 19.6 Å². The van der Waals surface area contributed by atoms with Gasteiger partial charge >= 0.3 is 0 Å². The van der Waals surface area contributed by atoms with Gasteiger partial charge in [0.1, 0.15) is 0 Å². The first-order valence-corrected chi connectivity index (χ1v) is 4.35. The van der Waals surface area contributed by atoms with Crippen LogP contribution in [0.25, 0.3) is 0 Å². The van der Waals surface area contributed by atoms with Crippen molar-refractivity contribution in [2.24, 2.45) is 0 Å². The molecule has 3 N–H and O–H groups in total. The van der Waals surface area contributed by atoms with Gasteiger partial charge in [-0.25, -0.2) is 0 Å². The monoisotopic (exact) mass is 175 g/mol. The number of rotatable bonds is 7. The molecule has 0 spiro atoms. The van der Waals surface area contributed by atoms with Gasteiger partial charge in [0.2, 0.25) is 0 Å². The Balaban J connectivity index is 3.44. The molecular weight excluding hydrogens is 154 g/mol. The number of nitrogens with zero attached hydrogens (tertiary/aromatic N) is 1. The third kappa shape index (κ3) is 5.49. The molecule has 12 heavy (non-hydrogen) atoms. The molecule has 0 aliphatic heterocycles. The molecule has 1 unspecified atom stereocenters. The van der Waals surface area contributed by atoms with Crippen LogP contribution in [0.4, 0.5) is 0 Å². The van der Waals surface area contributed by atoms with Gasteiger partial charge in [0.15, 0.2) is 0 Å². The summed E-state index contributed by atoms with van der Waals surface area (Å²) in [5, 5.41) is 15.0. The molecule has 0 heterocycles. The topological polar surface area (TPSA) is 47.5 Å². The van der Waals surface area contributed by atoms with Gasteiger partial charge in [-0.3, -0.25) is 0 Å². The lowest BCUT2D eigenvalue weighted by Crippen LogP contribution is -2.41. The zero-order chi connectivity index (χ0) is 9.40. The fraction of sp³-hybridized carbons (Fsp3) is 1.00. The fourth-order valence-corrected chi connectivity index (χ4v) is 1.01. The van der Waals surface area contributed by atoms with Gasteiger partial charge in [-0.2, -0.15) is 0 Å². The lowest BCUT2D eigenvalue weighted by Gasteiger charge is -2.21. The van der Waals surface area contributed by atoms with E-state index < -0.39 is 0 Å². The van der Waals surface area contributed by atoms with Gasteiger partial charge in [-0.1, -0.05) is 0 Å². The predicted molar refractivity (Wildman–Crippen MR) is 51.4 cm³/mol. The largest absolute Gasteiger partial charge is 0.395 e. The molecule has 0 radical (unpaired) electrons. The Hall–Kier alpha value is -0.160. The van der Waals surface area contributed by atoms with E-state index >= 15 is 0 Å². The quantitative estimate of drug-likeness (QED) is 0.451. The normalized spacial score (nSPS) is 13.8. The molecule has 0 fully saturated rings. The molecule has 0 rings (SSSR count). The maximum atomic E-state index is 8.90. The SMILES string of the molecule is CNCCN(C)CC(CO)NC. The molecule has 74 valence electrons. The van der Waals surface area contributed by atoms with Crippen molar-refractivity contribution in [3.8, 4) is 0 Å². The zero-order valence-corrected chi connectivity index (χ0v) is 8.30. The van der Waals surface area contributed by atoms with E-state index in [4.69, 9.17) is 5.11 Å². The van der Waals surface area contributed by atoms with Crippen LogP contribution in [0.15, 0.2) is 0 Å². The summed E-state index contributed by atoms with van der Waals surface area (Å²) < 4.78 is 0. The van der Waals surface area contributed by atoms with Crippen LogP contribution in [0.1, 0.15) is 0 Å². The highest BCUT2D eigenvalue weighted by Gasteiger charge is 2.06. The van der Waals surface area contributed by atoms with E-state index in [2.05, 4.69) is 22.6 Å². The molecule has 0 amide bonds. The number of hydrogen-bond donors (Lipinski definition) is 3. The van der Waals surface area contributed by atoms with Gasteiger partial charge in [0.05, 0.1) is 6.61 Å². The minimum absolute atomic E-state index is 0.187. The van der Waals surface area contributed by atoms with E-state index in [1.165, 1.54) is 0 Å². The van der Waals surface area contributed by atoms with Gasteiger partial charge in [0.25, 0.3) is 0 Å². The molecule has 0 saturated heterocycles. The zero-order valence-electron chi connectivity index (χ0n) is 8.30. The first kappa shape index (κ1) is 11.8. The van der Waals surface area contributed by atoms with Crippen LogP contribution in [0.5, 0.6) is 0 Å². The molecule has 0 aliphatic rings. The Morgan fingerprint density at radius 3 is 2.50 bits per heavy atom. The van der Waals surface area contributed by atoms with Gasteiger partial charge in [-0.05, 0) is 21.1 Å². The van der Waals surface area contributed by atoms with Crippen LogP contribution >= 0.6 is 0 Å². The third-order valence-corrected chi connectivity index (χ3v) is 1.90. The van der Waals surface area contributed by atoms with E-state index in [9.17, 15) is 0 Å². The Morgan fingerprint density at radius 1 is 1.42 bits per heavy atom. The van der Waals surface area contributed by atoms with Crippen LogP contribution in [0, 0.1) is 0 Å². The Kier molecular flexibility index (Phi) is 7.39. The van der Waals surface area contributed by atoms with Crippen LogP contribution in [0.3, 0.4) is 0 Å². The van der Waals surface area contributed by atoms with Crippen molar-refractivity contribution < 1.29 is 5.11 Å². The summed E-state index contributed by atoms with van der Waals surface area (Å²) in [7, 11) is 5.86. The van der Waals surface area contributed by atoms with Crippen molar-refractivity contribution in [1.82, 2.24) is 15.5 Å². The number of hydrogen-bond acceptors (Lipinski definition) is 4. The molecule has 0 aromatic carbocycles. The van der Waals surface area contributed by atoms with E-state index in [-0.39, 0.29) is 12.6 Å². The van der Waals surface area contributed by atoms with Crippen molar-refractivity contribution in [3.05, 3.63) is 0 Å². The third-order valence-electron chi connectivity index (χ3n) is 1.90. The molecule has 0 saturated carbocycles. The summed E-state index contributed by atoms with van der Waals surface area (Å²) in [5.41, 5.74) is 0. The summed E-state index contributed by atoms with van der Waals surface area (Å²) in [5.74, 6) is 0. The van der Waals surface area contributed by atoms with Crippen LogP contribution < -0.4 is 10.6 Å². The lowest BCUT2D eigenvalue weighted by atomic mass is 10.3. The molecule has 0 bridgehead atoms. The van der Waals surface area contributed by atoms with Gasteiger partial charge in [-0.15, -0.1) is 0 Å². The number of nitrogens with one attached hydrogen (secondary N) is 2. The van der Waals surface area contributed by atoms with Gasteiger partial charge < -0.3 is 20.6 Å². The van der Waals surface area contributed by atoms with Crippen LogP contribution in [-0.4, -0.2) is 63.4 Å². The minimum atomic E-state index is 0.187. The average molecular weight is 175 g/mol. The molecular formula is C8H21N3O. The van der Waals surface area contributed by atoms with Crippen molar-refractivity contribution in [1.29, 1.82) is 0 Å². The number of likely N-dealkylation sites (N-methyl/N-ethyl adjacent to an activating group) is 3. The van der Waals surface area contributed by atoms with Crippen molar-refractivity contribution in [3.63, 3.8) is 0 Å². The van der Waals surface area contributed by atoms with Gasteiger partial charge in [0, 0.05) is 25.7 Å². The summed E-state index contributed by atoms with van der Waals surface area (Å²) >= 11 is 0. The van der Waals surface area contributed by atoms with Crippen molar-refractivity contribution in [2.45, 2.75) is 6.04 Å². The number of aliphatic hydroxyl groups is 1. The minimum Gasteiger partial charge on any atom is -0.395 e. The van der Waals surface area contributed by atoms with E-state index in [1.54, 1.807) is 0 Å². The van der Waals surface area contributed by atoms with Crippen molar-refractivity contribution in [2.75, 3.05) is 47.4 Å². The molecule has 1 atom stereocenters. The fourth-order valence-electron chi connectivity index (χ4n) is 1.01. The summed E-state index contributed by atoms with van der Waals surface area (Å²) in [4.78, 5) is 2.19. The summed E-state index contributed by atoms with van der Waals surface area (Å²) in [6.07, 6.45) is 0. The highest BCUT2D eigenvalue weighted by Crippen LogP contribution is 1.86. The molecule has 0 aromatic heterocycles. The van der Waals surface area contributed by atoms with Crippen molar-refractivity contribution >= 4 is 0 Å². The first-order valence-electron chi connectivity index (χ1n) is 4.35. The standard InChI is InChI=1S/C8H21N3O/c1-9-4-5-11(3)6-8(7-12)10-2/h8-10,12H,4-7H2,1-3H3. The lowest BCUT2D eigenvalue weighted by molar-refractivity contribution is 0.205. The smallest absolute Gasteiger partial charge is 0.0597 e. The number of aliphatic hydroxyl groups excluding tert-OH is 1. The van der Waals surface area contributed by atoms with E-state index in [1.807, 2.05) is 14.1 Å². The Morgan fingerprint density at radius 2 is 2.08 bits per heavy atom. The second-order valence-corrected chi connectivity index (χ2v) is 3.03. The molecule has 4 nitrogen and oxygen atoms in total. The maximum absolute atomic E-state index is 8.90. The molecule has 4 heteroatoms. The molecule has 0 aromatic rings. The molecule has 0 aliphatic carbocycles. The van der Waals surface area contributed by atoms with Crippen LogP contribution in [0.2, 0.25) is 0 Å². The highest BCUT2D eigenvalue weighted by molar-refractivity contribution is 4.67. The summed E-state index contributed by atoms with van der Waals surface area (Å²) in [6.45, 7) is 3.07. The van der Waals surface area contributed by atoms with Crippen LogP contribution in [-0.2, 0) is 0 Å². The second-order valence-electron chi connectivity index (χ2n) is 3.03. The predicted octanol–water partition coefficient (Wildman–Crippen LogP) is -1.28. The first-order chi connectivity index (χ1) is 5.74. The Labute approximate surface area is 74.9 Å². The summed E-state index contributed by atoms with van der Waals surface area (Å²) in [6, 6.07) is 0.187. The second kappa shape index (κ2) is 7.49. The average Bonchev–Trinajstić information content (AvgIpc) is 2.10. The van der Waals surface area contributed by atoms with E-state index in [0.29, 0.717) is 0 Å².